The number of esters is 2. The van der Waals surface area contributed by atoms with Crippen molar-refractivity contribution in [2.75, 3.05) is 47.5 Å². The van der Waals surface area contributed by atoms with Crippen molar-refractivity contribution < 1.29 is 57.1 Å². The Morgan fingerprint density at radius 2 is 1.40 bits per heavy atom. The predicted octanol–water partition coefficient (Wildman–Crippen LogP) is 8.72. The van der Waals surface area contributed by atoms with Crippen LogP contribution in [0.25, 0.3) is 0 Å². The minimum absolute atomic E-state index is 0.0182. The molecule has 0 bridgehead atoms. The molecule has 3 N–H and O–H groups in total. The van der Waals surface area contributed by atoms with Crippen molar-refractivity contribution in [2.45, 2.75) is 167 Å². The number of ketones is 1. The third-order valence-corrected chi connectivity index (χ3v) is 11.0. The summed E-state index contributed by atoms with van der Waals surface area (Å²) in [6, 6.07) is 0. The van der Waals surface area contributed by atoms with E-state index in [4.69, 9.17) is 18.5 Å². The van der Waals surface area contributed by atoms with Crippen LogP contribution in [0.3, 0.4) is 0 Å². The van der Waals surface area contributed by atoms with Gasteiger partial charge in [0.15, 0.2) is 6.10 Å². The molecule has 0 aromatic rings. The first-order chi connectivity index (χ1) is 27.2. The number of hydrogen-bond donors (Lipinski definition) is 3. The molecule has 57 heavy (non-hydrogen) atoms. The predicted molar refractivity (Wildman–Crippen MR) is 225 cm³/mol. The molecule has 0 aliphatic heterocycles. The number of ether oxygens (including phenoxy) is 2. The summed E-state index contributed by atoms with van der Waals surface area (Å²) in [5, 5.41) is 20.8. The maximum atomic E-state index is 12.8. The number of carbonyl (C=O) groups excluding carboxylic acids is 3. The van der Waals surface area contributed by atoms with Crippen LogP contribution in [0.2, 0.25) is 0 Å². The van der Waals surface area contributed by atoms with Crippen LogP contribution < -0.4 is 0 Å². The average molecular weight is 829 g/mol. The van der Waals surface area contributed by atoms with Gasteiger partial charge in [-0.05, 0) is 57.8 Å². The second kappa shape index (κ2) is 31.7. The van der Waals surface area contributed by atoms with Gasteiger partial charge in [-0.3, -0.25) is 23.4 Å². The Bertz CT molecular complexity index is 1230. The molecule has 13 heteroatoms. The zero-order chi connectivity index (χ0) is 42.4. The molecule has 0 aromatic carbocycles. The number of Topliss-reactive ketones (excluding diaryl/α,β-unsaturated/α-hetero) is 1. The molecule has 0 aromatic heterocycles. The average Bonchev–Trinajstić information content (AvgIpc) is 3.41. The number of rotatable bonds is 35. The van der Waals surface area contributed by atoms with E-state index in [0.717, 1.165) is 57.8 Å². The summed E-state index contributed by atoms with van der Waals surface area (Å²) in [5.74, 6) is -1.76. The molecular formula is C44H79NO11P+. The maximum Gasteiger partial charge on any atom is 0.472 e. The van der Waals surface area contributed by atoms with Gasteiger partial charge in [0.05, 0.1) is 40.0 Å². The molecule has 330 valence electrons. The van der Waals surface area contributed by atoms with Crippen molar-refractivity contribution in [3.8, 4) is 0 Å². The fraction of sp³-hybridized carbons (Fsp3) is 0.795. The van der Waals surface area contributed by atoms with E-state index in [9.17, 15) is 34.1 Å². The molecule has 0 heterocycles. The fourth-order valence-electron chi connectivity index (χ4n) is 6.46. The molecule has 1 aliphatic carbocycles. The summed E-state index contributed by atoms with van der Waals surface area (Å²) < 4.78 is 34.2. The summed E-state index contributed by atoms with van der Waals surface area (Å²) in [4.78, 5) is 48.0. The first kappa shape index (κ1) is 52.8. The van der Waals surface area contributed by atoms with Crippen LogP contribution in [-0.2, 0) is 37.5 Å². The van der Waals surface area contributed by atoms with Crippen molar-refractivity contribution in [1.82, 2.24) is 0 Å². The normalized spacial score (nSPS) is 19.8. The van der Waals surface area contributed by atoms with Gasteiger partial charge in [0, 0.05) is 31.1 Å². The molecule has 0 spiro atoms. The van der Waals surface area contributed by atoms with Crippen molar-refractivity contribution in [3.05, 3.63) is 36.5 Å². The third-order valence-electron chi connectivity index (χ3n) is 10.0. The lowest BCUT2D eigenvalue weighted by Crippen LogP contribution is -2.37. The Morgan fingerprint density at radius 1 is 0.807 bits per heavy atom. The molecule has 1 unspecified atom stereocenters. The minimum Gasteiger partial charge on any atom is -0.462 e. The number of phosphoric acid groups is 1. The number of quaternary nitrogens is 1. The lowest BCUT2D eigenvalue weighted by Gasteiger charge is -2.24. The van der Waals surface area contributed by atoms with Gasteiger partial charge in [-0.2, -0.15) is 0 Å². The van der Waals surface area contributed by atoms with E-state index in [1.165, 1.54) is 25.7 Å². The Kier molecular flexibility index (Phi) is 29.4. The Morgan fingerprint density at radius 3 is 2.09 bits per heavy atom. The SMILES string of the molecule is CCCCCC/C=C\CCCCCCCC(=O)OC[C@H](COP(=O)(O)OCC[N+](C)(C)C)OC(=O)CCC/C=C\C[C@H]1[C@@H](O)CC(=O)[C@@H]1/C=C/[C@@H](O)CCCCC. The topological polar surface area (TPSA) is 166 Å². The number of nitrogens with zero attached hydrogens (tertiary/aromatic N) is 1. The second-order valence-electron chi connectivity index (χ2n) is 16.5. The summed E-state index contributed by atoms with van der Waals surface area (Å²) in [6.07, 6.45) is 27.0. The van der Waals surface area contributed by atoms with E-state index < -0.39 is 50.6 Å². The lowest BCUT2D eigenvalue weighted by atomic mass is 9.90. The Balaban J connectivity index is 2.54. The first-order valence-corrected chi connectivity index (χ1v) is 23.3. The molecule has 1 saturated carbocycles. The number of likely N-dealkylation sites (N-methyl/N-ethyl adjacent to an activating group) is 1. The number of phosphoric ester groups is 1. The van der Waals surface area contributed by atoms with E-state index in [2.05, 4.69) is 26.0 Å². The smallest absolute Gasteiger partial charge is 0.462 e. The van der Waals surface area contributed by atoms with Crippen LogP contribution in [0.5, 0.6) is 0 Å². The van der Waals surface area contributed by atoms with Crippen LogP contribution in [0.1, 0.15) is 149 Å². The first-order valence-electron chi connectivity index (χ1n) is 21.8. The van der Waals surface area contributed by atoms with Crippen molar-refractivity contribution in [1.29, 1.82) is 0 Å². The van der Waals surface area contributed by atoms with E-state index in [-0.39, 0.29) is 44.2 Å². The number of aliphatic hydroxyl groups excluding tert-OH is 2. The Labute approximate surface area is 344 Å². The van der Waals surface area contributed by atoms with Gasteiger partial charge in [0.1, 0.15) is 25.5 Å². The van der Waals surface area contributed by atoms with Gasteiger partial charge >= 0.3 is 19.8 Å². The highest BCUT2D eigenvalue weighted by Crippen LogP contribution is 2.43. The van der Waals surface area contributed by atoms with Crippen molar-refractivity contribution in [2.24, 2.45) is 11.8 Å². The van der Waals surface area contributed by atoms with Crippen LogP contribution in [-0.4, -0.2) is 103 Å². The maximum absolute atomic E-state index is 12.8. The number of allylic oxidation sites excluding steroid dienone is 5. The summed E-state index contributed by atoms with van der Waals surface area (Å²) in [6.45, 7) is 3.96. The van der Waals surface area contributed by atoms with Gasteiger partial charge in [-0.1, -0.05) is 108 Å². The van der Waals surface area contributed by atoms with Crippen molar-refractivity contribution >= 4 is 25.5 Å². The highest BCUT2D eigenvalue weighted by atomic mass is 31.2. The largest absolute Gasteiger partial charge is 0.472 e. The van der Waals surface area contributed by atoms with E-state index in [0.29, 0.717) is 43.1 Å². The van der Waals surface area contributed by atoms with E-state index in [1.54, 1.807) is 12.2 Å². The number of aliphatic hydroxyl groups is 2. The molecule has 12 nitrogen and oxygen atoms in total. The zero-order valence-corrected chi connectivity index (χ0v) is 36.9. The van der Waals surface area contributed by atoms with Gasteiger partial charge in [-0.15, -0.1) is 0 Å². The quantitative estimate of drug-likeness (QED) is 0.0184. The molecule has 0 saturated heterocycles. The third kappa shape index (κ3) is 28.8. The van der Waals surface area contributed by atoms with E-state index >= 15 is 0 Å². The van der Waals surface area contributed by atoms with Crippen LogP contribution in [0.4, 0.5) is 0 Å². The molecule has 0 radical (unpaired) electrons. The molecule has 6 atom stereocenters. The molecule has 1 aliphatic rings. The van der Waals surface area contributed by atoms with Gasteiger partial charge in [0.25, 0.3) is 0 Å². The molecular weight excluding hydrogens is 749 g/mol. The lowest BCUT2D eigenvalue weighted by molar-refractivity contribution is -0.870. The van der Waals surface area contributed by atoms with Crippen LogP contribution in [0, 0.1) is 11.8 Å². The standard InChI is InChI=1S/C44H78NO11P/c1-6-8-10-11-12-13-14-15-16-17-18-19-24-28-43(49)53-35-38(36-55-57(51,52)54-33-32-45(3,4)5)56-44(50)29-25-21-20-23-27-39-40(42(48)34-41(39)47)31-30-37(46)26-22-9-7-2/h13-14,20,23,30-31,37-41,46-47H,6-12,15-19,21-22,24-29,32-36H2,1-5H3/p+1/b14-13-,23-20-,31-30+/t37-,38+,39+,40+,41-/m0/s1. The zero-order valence-electron chi connectivity index (χ0n) is 36.0. The van der Waals surface area contributed by atoms with Gasteiger partial charge in [0.2, 0.25) is 0 Å². The van der Waals surface area contributed by atoms with Gasteiger partial charge in [-0.25, -0.2) is 4.57 Å². The van der Waals surface area contributed by atoms with Crippen LogP contribution in [0.15, 0.2) is 36.5 Å². The summed E-state index contributed by atoms with van der Waals surface area (Å²) in [7, 11) is 1.31. The number of carbonyl (C=O) groups is 3. The summed E-state index contributed by atoms with van der Waals surface area (Å²) >= 11 is 0. The minimum atomic E-state index is -4.45. The number of unbranched alkanes of at least 4 members (excludes halogenated alkanes) is 12. The molecule has 1 rings (SSSR count). The molecule has 0 amide bonds. The fourth-order valence-corrected chi connectivity index (χ4v) is 7.20. The van der Waals surface area contributed by atoms with Crippen molar-refractivity contribution in [3.63, 3.8) is 0 Å². The Hall–Kier alpha value is -2.18. The van der Waals surface area contributed by atoms with Crippen LogP contribution >= 0.6 is 7.82 Å². The molecule has 1 fully saturated rings. The van der Waals surface area contributed by atoms with E-state index in [1.807, 2.05) is 33.3 Å². The highest BCUT2D eigenvalue weighted by Gasteiger charge is 2.39. The summed E-state index contributed by atoms with van der Waals surface area (Å²) in [5.41, 5.74) is 0. The number of hydrogen-bond acceptors (Lipinski definition) is 10. The highest BCUT2D eigenvalue weighted by molar-refractivity contribution is 7.47. The van der Waals surface area contributed by atoms with Gasteiger partial charge < -0.3 is 29.1 Å². The monoisotopic (exact) mass is 829 g/mol. The second-order valence-corrected chi connectivity index (χ2v) is 18.0.